The third-order valence-electron chi connectivity index (χ3n) is 7.21. The molecule has 23 heteroatoms. The smallest absolute Gasteiger partial charge is 0.428 e. The molecular weight excluding hydrogens is 903 g/mol. The van der Waals surface area contributed by atoms with Crippen molar-refractivity contribution in [3.63, 3.8) is 0 Å². The number of rotatable bonds is 13. The second kappa shape index (κ2) is 19.6. The summed E-state index contributed by atoms with van der Waals surface area (Å²) in [5, 5.41) is 10.5. The van der Waals surface area contributed by atoms with Gasteiger partial charge in [0.05, 0.1) is 48.0 Å². The first-order valence-corrected chi connectivity index (χ1v) is 19.7. The van der Waals surface area contributed by atoms with Gasteiger partial charge in [-0.1, -0.05) is 23.2 Å². The van der Waals surface area contributed by atoms with E-state index in [2.05, 4.69) is 28.6 Å². The number of halogens is 12. The summed E-state index contributed by atoms with van der Waals surface area (Å²) in [6, 6.07) is 11.7. The van der Waals surface area contributed by atoms with E-state index < -0.39 is 85.2 Å². The van der Waals surface area contributed by atoms with Crippen LogP contribution in [-0.4, -0.2) is 58.7 Å². The van der Waals surface area contributed by atoms with Gasteiger partial charge in [-0.15, -0.1) is 0 Å². The van der Waals surface area contributed by atoms with Crippen molar-refractivity contribution in [1.82, 2.24) is 14.7 Å². The number of ether oxygens (including phenoxy) is 2. The molecule has 0 aliphatic heterocycles. The highest BCUT2D eigenvalue weighted by Gasteiger charge is 2.46. The van der Waals surface area contributed by atoms with E-state index in [0.29, 0.717) is 12.1 Å². The van der Waals surface area contributed by atoms with Crippen molar-refractivity contribution in [3.05, 3.63) is 117 Å². The standard InChI is InChI=1S/C19H17ClF5N3O2S.C18H16ClF5N2O2S/c1-17(2,3)31(29)28-18(10-26,15-5-4-12(20)9-27-15)11-6-13(21)8-14(7-11)30-19(24,25)16(22)23;1-17(2,3)29(27)26-15(14-5-4-11(19)9-25-14)10-6-12(20)8-13(7-10)28-18(23,24)16(21)22/h4-9,16,28H,1-3H3;4-9,16H,1-3H3/t18?,31-;29-/m00/s1. The van der Waals surface area contributed by atoms with Gasteiger partial charge in [-0.25, -0.2) is 21.9 Å². The number of aromatic nitrogens is 2. The van der Waals surface area contributed by atoms with Crippen molar-refractivity contribution in [3.8, 4) is 17.6 Å². The van der Waals surface area contributed by atoms with Crippen molar-refractivity contribution in [2.75, 3.05) is 0 Å². The number of hydrogen-bond donors (Lipinski definition) is 1. The van der Waals surface area contributed by atoms with Crippen LogP contribution in [0.3, 0.4) is 0 Å². The Labute approximate surface area is 352 Å². The molecular formula is C37H33Cl2F10N5O4S2. The number of pyridine rings is 2. The molecule has 60 heavy (non-hydrogen) atoms. The van der Waals surface area contributed by atoms with E-state index >= 15 is 0 Å². The third-order valence-corrected chi connectivity index (χ3v) is 10.7. The van der Waals surface area contributed by atoms with E-state index in [0.717, 1.165) is 24.3 Å². The third kappa shape index (κ3) is 13.3. The van der Waals surface area contributed by atoms with Gasteiger partial charge >= 0.3 is 25.1 Å². The van der Waals surface area contributed by atoms with Crippen LogP contribution in [0.4, 0.5) is 43.9 Å². The van der Waals surface area contributed by atoms with Gasteiger partial charge in [-0.05, 0) is 95.6 Å². The Morgan fingerprint density at radius 2 is 1.25 bits per heavy atom. The molecule has 4 aromatic rings. The van der Waals surface area contributed by atoms with Crippen molar-refractivity contribution >= 4 is 50.9 Å². The van der Waals surface area contributed by atoms with Crippen LogP contribution in [0.2, 0.25) is 10.0 Å². The molecule has 9 nitrogen and oxygen atoms in total. The fourth-order valence-electron chi connectivity index (χ4n) is 4.28. The molecule has 2 aromatic heterocycles. The van der Waals surface area contributed by atoms with Gasteiger partial charge in [-0.3, -0.25) is 9.97 Å². The Bertz CT molecular complexity index is 2260. The van der Waals surface area contributed by atoms with Crippen LogP contribution >= 0.6 is 23.2 Å². The van der Waals surface area contributed by atoms with Crippen molar-refractivity contribution < 1.29 is 61.8 Å². The SMILES string of the molecule is CC(C)(C)[S@](=O)N=C(c1cc(F)cc(OC(F)(F)C(F)F)c1)c1ccc(Cl)cn1.CC(C)(C)[S@](=O)NC(C#N)(c1cc(F)cc(OC(F)(F)C(F)F)c1)c1ccc(Cl)cn1. The maximum absolute atomic E-state index is 14.3. The van der Waals surface area contributed by atoms with E-state index in [1.54, 1.807) is 41.5 Å². The van der Waals surface area contributed by atoms with E-state index in [-0.39, 0.29) is 38.3 Å². The molecule has 0 fully saturated rings. The molecule has 4 rings (SSSR count). The minimum Gasteiger partial charge on any atom is -0.428 e. The van der Waals surface area contributed by atoms with Crippen LogP contribution in [0.15, 0.2) is 77.5 Å². The predicted octanol–water partition coefficient (Wildman–Crippen LogP) is 10.3. The van der Waals surface area contributed by atoms with Crippen LogP contribution in [0.5, 0.6) is 11.5 Å². The monoisotopic (exact) mass is 935 g/mol. The molecule has 0 saturated heterocycles. The minimum absolute atomic E-state index is 0.0887. The fourth-order valence-corrected chi connectivity index (χ4v) is 5.99. The van der Waals surface area contributed by atoms with Gasteiger partial charge in [0.1, 0.15) is 39.8 Å². The summed E-state index contributed by atoms with van der Waals surface area (Å²) in [5.74, 6) is -4.02. The zero-order valence-electron chi connectivity index (χ0n) is 31.9. The number of nitrogens with one attached hydrogen (secondary N) is 1. The van der Waals surface area contributed by atoms with Gasteiger partial charge in [-0.2, -0.15) is 44.8 Å². The van der Waals surface area contributed by atoms with Crippen LogP contribution in [0.25, 0.3) is 0 Å². The Morgan fingerprint density at radius 3 is 1.68 bits per heavy atom. The van der Waals surface area contributed by atoms with Crippen molar-refractivity contribution in [2.24, 2.45) is 4.40 Å². The first kappa shape index (κ1) is 50.0. The number of benzene rings is 2. The molecule has 2 aromatic carbocycles. The molecule has 0 radical (unpaired) electrons. The molecule has 1 unspecified atom stereocenters. The lowest BCUT2D eigenvalue weighted by Gasteiger charge is -2.31. The highest BCUT2D eigenvalue weighted by atomic mass is 35.5. The first-order valence-electron chi connectivity index (χ1n) is 16.7. The Hall–Kier alpha value is -4.36. The normalized spacial score (nSPS) is 14.8. The molecule has 3 atom stereocenters. The van der Waals surface area contributed by atoms with Gasteiger partial charge in [0.15, 0.2) is 5.54 Å². The molecule has 0 aliphatic carbocycles. The summed E-state index contributed by atoms with van der Waals surface area (Å²) in [6.07, 6.45) is -15.6. The lowest BCUT2D eigenvalue weighted by Crippen LogP contribution is -2.48. The Kier molecular flexibility index (Phi) is 16.3. The number of alkyl halides is 8. The summed E-state index contributed by atoms with van der Waals surface area (Å²) in [7, 11) is -3.76. The van der Waals surface area contributed by atoms with E-state index in [1.165, 1.54) is 36.7 Å². The van der Waals surface area contributed by atoms with E-state index in [9.17, 15) is 57.6 Å². The van der Waals surface area contributed by atoms with E-state index in [4.69, 9.17) is 23.2 Å². The summed E-state index contributed by atoms with van der Waals surface area (Å²) in [5.41, 5.74) is -2.69. The first-order chi connectivity index (χ1) is 27.5. The molecule has 1 N–H and O–H groups in total. The highest BCUT2D eigenvalue weighted by Crippen LogP contribution is 2.36. The number of hydrogen-bond acceptors (Lipinski definition) is 7. The zero-order chi connectivity index (χ0) is 45.6. The average molecular weight is 937 g/mol. The lowest BCUT2D eigenvalue weighted by molar-refractivity contribution is -0.253. The largest absolute Gasteiger partial charge is 0.461 e. The molecule has 0 bridgehead atoms. The Balaban J connectivity index is 0.000000321. The summed E-state index contributed by atoms with van der Waals surface area (Å²) in [4.78, 5) is 8.04. The van der Waals surface area contributed by atoms with Gasteiger partial charge in [0, 0.05) is 30.1 Å². The van der Waals surface area contributed by atoms with Crippen LogP contribution < -0.4 is 14.2 Å². The quantitative estimate of drug-likeness (QED) is 0.104. The minimum atomic E-state index is -4.90. The van der Waals surface area contributed by atoms with Crippen LogP contribution in [0.1, 0.15) is 64.1 Å². The molecule has 0 saturated carbocycles. The van der Waals surface area contributed by atoms with Crippen LogP contribution in [0, 0.1) is 23.0 Å². The average Bonchev–Trinajstić information content (AvgIpc) is 3.12. The molecule has 0 spiro atoms. The van der Waals surface area contributed by atoms with Gasteiger partial charge in [0.25, 0.3) is 0 Å². The summed E-state index contributed by atoms with van der Waals surface area (Å²) < 4.78 is 169. The number of nitrogens with zero attached hydrogens (tertiary/aromatic N) is 4. The highest BCUT2D eigenvalue weighted by molar-refractivity contribution is 7.85. The topological polar surface area (TPSA) is 127 Å². The molecule has 326 valence electrons. The molecule has 0 amide bonds. The Morgan fingerprint density at radius 1 is 0.750 bits per heavy atom. The number of nitriles is 1. The van der Waals surface area contributed by atoms with Gasteiger partial charge < -0.3 is 9.47 Å². The van der Waals surface area contributed by atoms with Crippen molar-refractivity contribution in [1.29, 1.82) is 5.26 Å². The second-order valence-corrected chi connectivity index (χ2v) is 18.9. The summed E-state index contributed by atoms with van der Waals surface area (Å²) in [6.45, 7) is 9.71. The van der Waals surface area contributed by atoms with Crippen LogP contribution in [-0.2, 0) is 27.5 Å². The van der Waals surface area contributed by atoms with Crippen molar-refractivity contribution in [2.45, 2.75) is 81.6 Å². The summed E-state index contributed by atoms with van der Waals surface area (Å²) >= 11 is 11.6. The van der Waals surface area contributed by atoms with E-state index in [1.807, 2.05) is 6.07 Å². The molecule has 2 heterocycles. The second-order valence-electron chi connectivity index (χ2n) is 14.2. The lowest BCUT2D eigenvalue weighted by atomic mass is 9.88. The predicted molar refractivity (Wildman–Crippen MR) is 205 cm³/mol. The maximum Gasteiger partial charge on any atom is 0.461 e. The van der Waals surface area contributed by atoms with Gasteiger partial charge in [0.2, 0.25) is 0 Å². The maximum atomic E-state index is 14.3. The fraction of sp³-hybridized carbons (Fsp3) is 0.351. The molecule has 0 aliphatic rings. The zero-order valence-corrected chi connectivity index (χ0v) is 35.0.